The maximum atomic E-state index is 13.3. The molecule has 0 spiro atoms. The van der Waals surface area contributed by atoms with Crippen molar-refractivity contribution in [3.8, 4) is 5.75 Å². The molecule has 0 radical (unpaired) electrons. The Morgan fingerprint density at radius 3 is 2.72 bits per heavy atom. The fourth-order valence-electron chi connectivity index (χ4n) is 3.46. The summed E-state index contributed by atoms with van der Waals surface area (Å²) in [5.41, 5.74) is 1.50. The smallest absolute Gasteiger partial charge is 0.170 e. The van der Waals surface area contributed by atoms with Gasteiger partial charge in [-0.15, -0.1) is 0 Å². The molecule has 0 unspecified atom stereocenters. The second-order valence-electron chi connectivity index (χ2n) is 6.49. The molecule has 1 saturated heterocycles. The topological polar surface area (TPSA) is 38.5 Å². The van der Waals surface area contributed by atoms with Crippen LogP contribution in [0.4, 0.5) is 4.39 Å². The Morgan fingerprint density at radius 2 is 1.92 bits per heavy atom. The number of ether oxygens (including phenoxy) is 1. The fourth-order valence-corrected chi connectivity index (χ4v) is 3.46. The lowest BCUT2D eigenvalue weighted by atomic mass is 9.91. The zero-order chi connectivity index (χ0) is 17.1. The van der Waals surface area contributed by atoms with Gasteiger partial charge in [0, 0.05) is 23.9 Å². The molecule has 1 aromatic heterocycles. The average Bonchev–Trinajstić information content (AvgIpc) is 3.06. The van der Waals surface area contributed by atoms with E-state index in [4.69, 9.17) is 9.26 Å². The average molecular weight is 340 g/mol. The van der Waals surface area contributed by atoms with Crippen LogP contribution in [-0.2, 0) is 0 Å². The summed E-state index contributed by atoms with van der Waals surface area (Å²) in [6.07, 6.45) is 2.06. The predicted octanol–water partition coefficient (Wildman–Crippen LogP) is 4.23. The van der Waals surface area contributed by atoms with Crippen LogP contribution in [0.15, 0.2) is 53.1 Å². The van der Waals surface area contributed by atoms with Crippen molar-refractivity contribution < 1.29 is 13.7 Å². The van der Waals surface area contributed by atoms with Gasteiger partial charge < -0.3 is 9.26 Å². The highest BCUT2D eigenvalue weighted by Gasteiger charge is 2.25. The number of hydrogen-bond donors (Lipinski definition) is 0. The summed E-state index contributed by atoms with van der Waals surface area (Å²) in [6.45, 7) is 3.64. The van der Waals surface area contributed by atoms with Crippen molar-refractivity contribution in [3.05, 3.63) is 60.0 Å². The van der Waals surface area contributed by atoms with Gasteiger partial charge in [-0.25, -0.2) is 4.39 Å². The molecule has 1 aliphatic heterocycles. The monoisotopic (exact) mass is 340 g/mol. The molecule has 0 atom stereocenters. The molecule has 2 aromatic carbocycles. The number of fused-ring (bicyclic) bond motifs is 1. The van der Waals surface area contributed by atoms with Crippen LogP contribution in [-0.4, -0.2) is 36.3 Å². The van der Waals surface area contributed by atoms with E-state index in [-0.39, 0.29) is 5.82 Å². The molecule has 2 heterocycles. The molecule has 5 heteroatoms. The second-order valence-corrected chi connectivity index (χ2v) is 6.49. The van der Waals surface area contributed by atoms with E-state index in [1.165, 1.54) is 12.1 Å². The lowest BCUT2D eigenvalue weighted by Gasteiger charge is -2.31. The summed E-state index contributed by atoms with van der Waals surface area (Å²) < 4.78 is 24.3. The summed E-state index contributed by atoms with van der Waals surface area (Å²) in [6, 6.07) is 14.6. The van der Waals surface area contributed by atoms with Gasteiger partial charge in [-0.2, -0.15) is 0 Å². The Bertz CT molecular complexity index is 826. The molecule has 1 fully saturated rings. The highest BCUT2D eigenvalue weighted by molar-refractivity contribution is 5.79. The number of nitrogens with zero attached hydrogens (tertiary/aromatic N) is 2. The number of hydrogen-bond acceptors (Lipinski definition) is 4. The normalized spacial score (nSPS) is 16.4. The number of benzene rings is 2. The number of halogens is 1. The molecule has 4 nitrogen and oxygen atoms in total. The highest BCUT2D eigenvalue weighted by atomic mass is 19.1. The Balaban J connectivity index is 1.30. The van der Waals surface area contributed by atoms with Crippen molar-refractivity contribution >= 4 is 11.0 Å². The number of piperidine rings is 1. The number of para-hydroxylation sites is 1. The van der Waals surface area contributed by atoms with Crippen LogP contribution < -0.4 is 4.74 Å². The van der Waals surface area contributed by atoms with Gasteiger partial charge in [-0.1, -0.05) is 23.4 Å². The van der Waals surface area contributed by atoms with Gasteiger partial charge in [0.1, 0.15) is 18.2 Å². The third kappa shape index (κ3) is 3.66. The van der Waals surface area contributed by atoms with E-state index in [9.17, 15) is 4.39 Å². The largest absolute Gasteiger partial charge is 0.492 e. The summed E-state index contributed by atoms with van der Waals surface area (Å²) in [7, 11) is 0. The van der Waals surface area contributed by atoms with Crippen molar-refractivity contribution in [1.29, 1.82) is 0 Å². The SMILES string of the molecule is Fc1ccc2c(C3CCN(CCOc4ccccc4)CC3)noc2c1. The van der Waals surface area contributed by atoms with Crippen molar-refractivity contribution in [3.63, 3.8) is 0 Å². The van der Waals surface area contributed by atoms with Crippen molar-refractivity contribution in [2.45, 2.75) is 18.8 Å². The van der Waals surface area contributed by atoms with Crippen LogP contribution in [0.2, 0.25) is 0 Å². The number of likely N-dealkylation sites (tertiary alicyclic amines) is 1. The lowest BCUT2D eigenvalue weighted by Crippen LogP contribution is -2.36. The van der Waals surface area contributed by atoms with Gasteiger partial charge in [0.25, 0.3) is 0 Å². The zero-order valence-corrected chi connectivity index (χ0v) is 14.0. The van der Waals surface area contributed by atoms with Gasteiger partial charge in [-0.05, 0) is 50.2 Å². The van der Waals surface area contributed by atoms with Gasteiger partial charge in [0.15, 0.2) is 5.58 Å². The third-order valence-electron chi connectivity index (χ3n) is 4.86. The van der Waals surface area contributed by atoms with Crippen molar-refractivity contribution in [2.75, 3.05) is 26.2 Å². The number of aromatic nitrogens is 1. The van der Waals surface area contributed by atoms with Crippen LogP contribution in [0, 0.1) is 5.82 Å². The standard InChI is InChI=1S/C20H21FN2O2/c21-16-6-7-18-19(14-16)25-22-20(18)15-8-10-23(11-9-15)12-13-24-17-4-2-1-3-5-17/h1-7,14-15H,8-13H2. The second kappa shape index (κ2) is 7.23. The maximum absolute atomic E-state index is 13.3. The Kier molecular flexibility index (Phi) is 4.65. The lowest BCUT2D eigenvalue weighted by molar-refractivity contribution is 0.172. The summed E-state index contributed by atoms with van der Waals surface area (Å²) in [5.74, 6) is 1.00. The highest BCUT2D eigenvalue weighted by Crippen LogP contribution is 2.32. The van der Waals surface area contributed by atoms with E-state index < -0.39 is 0 Å². The van der Waals surface area contributed by atoms with Crippen LogP contribution in [0.3, 0.4) is 0 Å². The Hall–Kier alpha value is -2.40. The molecule has 25 heavy (non-hydrogen) atoms. The van der Waals surface area contributed by atoms with E-state index in [0.29, 0.717) is 18.1 Å². The maximum Gasteiger partial charge on any atom is 0.170 e. The minimum Gasteiger partial charge on any atom is -0.492 e. The molecule has 0 aliphatic carbocycles. The minimum absolute atomic E-state index is 0.288. The first-order valence-electron chi connectivity index (χ1n) is 8.74. The van der Waals surface area contributed by atoms with E-state index >= 15 is 0 Å². The van der Waals surface area contributed by atoms with Crippen LogP contribution in [0.25, 0.3) is 11.0 Å². The molecule has 4 rings (SSSR count). The third-order valence-corrected chi connectivity index (χ3v) is 4.86. The Morgan fingerprint density at radius 1 is 1.12 bits per heavy atom. The van der Waals surface area contributed by atoms with Gasteiger partial charge in [0.2, 0.25) is 0 Å². The molecular formula is C20H21FN2O2. The first-order chi connectivity index (χ1) is 12.3. The molecule has 3 aromatic rings. The van der Waals surface area contributed by atoms with Crippen LogP contribution in [0.5, 0.6) is 5.75 Å². The molecule has 130 valence electrons. The predicted molar refractivity (Wildman–Crippen MR) is 94.3 cm³/mol. The quantitative estimate of drug-likeness (QED) is 0.697. The first kappa shape index (κ1) is 16.1. The molecule has 0 N–H and O–H groups in total. The van der Waals surface area contributed by atoms with Crippen molar-refractivity contribution in [2.24, 2.45) is 0 Å². The van der Waals surface area contributed by atoms with Crippen molar-refractivity contribution in [1.82, 2.24) is 10.1 Å². The number of rotatable bonds is 5. The van der Waals surface area contributed by atoms with Gasteiger partial charge in [-0.3, -0.25) is 4.90 Å². The van der Waals surface area contributed by atoms with Crippen LogP contribution >= 0.6 is 0 Å². The molecule has 0 saturated carbocycles. The fraction of sp³-hybridized carbons (Fsp3) is 0.350. The summed E-state index contributed by atoms with van der Waals surface area (Å²) in [4.78, 5) is 2.42. The van der Waals surface area contributed by atoms with Gasteiger partial charge in [0.05, 0.1) is 5.69 Å². The van der Waals surface area contributed by atoms with Crippen LogP contribution in [0.1, 0.15) is 24.5 Å². The summed E-state index contributed by atoms with van der Waals surface area (Å²) >= 11 is 0. The van der Waals surface area contributed by atoms with Gasteiger partial charge >= 0.3 is 0 Å². The van der Waals surface area contributed by atoms with E-state index in [1.807, 2.05) is 30.3 Å². The van der Waals surface area contributed by atoms with E-state index in [1.54, 1.807) is 6.07 Å². The van der Waals surface area contributed by atoms with E-state index in [0.717, 1.165) is 49.3 Å². The molecule has 1 aliphatic rings. The first-order valence-corrected chi connectivity index (χ1v) is 8.74. The minimum atomic E-state index is -0.288. The Labute approximate surface area is 146 Å². The van der Waals surface area contributed by atoms with E-state index in [2.05, 4.69) is 10.1 Å². The molecular weight excluding hydrogens is 319 g/mol. The molecule has 0 bridgehead atoms. The molecule has 0 amide bonds. The summed E-state index contributed by atoms with van der Waals surface area (Å²) in [5, 5.41) is 5.14. The zero-order valence-electron chi connectivity index (χ0n) is 14.0.